The molecule has 0 saturated carbocycles. The average Bonchev–Trinajstić information content (AvgIpc) is 2.82. The van der Waals surface area contributed by atoms with E-state index in [0.717, 1.165) is 36.9 Å². The summed E-state index contributed by atoms with van der Waals surface area (Å²) in [6.45, 7) is 9.98. The molecule has 4 heteroatoms. The number of carbonyl (C=O) groups excluding carboxylic acids is 1. The van der Waals surface area contributed by atoms with E-state index >= 15 is 0 Å². The fourth-order valence-corrected chi connectivity index (χ4v) is 4.93. The Hall–Kier alpha value is -2.98. The minimum Gasteiger partial charge on any atom is -0.349 e. The Bertz CT molecular complexity index is 1110. The van der Waals surface area contributed by atoms with E-state index in [1.54, 1.807) is 12.1 Å². The number of aryl methyl sites for hydroxylation is 1. The van der Waals surface area contributed by atoms with Gasteiger partial charge in [0.25, 0.3) is 5.91 Å². The van der Waals surface area contributed by atoms with E-state index in [1.165, 1.54) is 28.8 Å². The molecule has 1 unspecified atom stereocenters. The van der Waals surface area contributed by atoms with Crippen molar-refractivity contribution in [3.8, 4) is 11.1 Å². The Morgan fingerprint density at radius 1 is 0.912 bits per heavy atom. The maximum Gasteiger partial charge on any atom is 0.251 e. The molecule has 4 rings (SSSR count). The molecule has 1 atom stereocenters. The van der Waals surface area contributed by atoms with E-state index in [0.29, 0.717) is 17.6 Å². The van der Waals surface area contributed by atoms with Crippen molar-refractivity contribution in [2.75, 3.05) is 0 Å². The molecule has 3 aromatic carbocycles. The van der Waals surface area contributed by atoms with Gasteiger partial charge in [0.2, 0.25) is 0 Å². The van der Waals surface area contributed by atoms with E-state index in [2.05, 4.69) is 56.1 Å². The number of halogens is 1. The summed E-state index contributed by atoms with van der Waals surface area (Å²) in [6.07, 6.45) is 2.81. The van der Waals surface area contributed by atoms with Crippen molar-refractivity contribution in [3.05, 3.63) is 94.8 Å². The lowest BCUT2D eigenvalue weighted by atomic mass is 9.87. The highest BCUT2D eigenvalue weighted by atomic mass is 19.1. The monoisotopic (exact) mass is 458 g/mol. The molecule has 0 aromatic heterocycles. The molecular weight excluding hydrogens is 423 g/mol. The van der Waals surface area contributed by atoms with Gasteiger partial charge >= 0.3 is 0 Å². The first-order valence-corrected chi connectivity index (χ1v) is 12.3. The van der Waals surface area contributed by atoms with Gasteiger partial charge < -0.3 is 5.32 Å². The second-order valence-corrected chi connectivity index (χ2v) is 9.96. The number of nitrogens with zero attached hydrogens (tertiary/aromatic N) is 1. The van der Waals surface area contributed by atoms with Gasteiger partial charge in [0.15, 0.2) is 0 Å². The number of nitrogens with one attached hydrogen (secondary N) is 1. The zero-order chi connectivity index (χ0) is 24.2. The van der Waals surface area contributed by atoms with Crippen LogP contribution in [-0.2, 0) is 19.4 Å². The molecule has 0 fully saturated rings. The molecule has 1 aliphatic rings. The van der Waals surface area contributed by atoms with Crippen LogP contribution >= 0.6 is 0 Å². The van der Waals surface area contributed by atoms with Crippen LogP contribution in [0.3, 0.4) is 0 Å². The summed E-state index contributed by atoms with van der Waals surface area (Å²) in [4.78, 5) is 15.4. The van der Waals surface area contributed by atoms with Gasteiger partial charge in [-0.3, -0.25) is 9.69 Å². The van der Waals surface area contributed by atoms with Gasteiger partial charge in [0.1, 0.15) is 5.82 Å². The maximum atomic E-state index is 13.2. The van der Waals surface area contributed by atoms with Crippen molar-refractivity contribution in [3.63, 3.8) is 0 Å². The Morgan fingerprint density at radius 3 is 2.15 bits per heavy atom. The number of benzene rings is 3. The molecule has 0 spiro atoms. The first kappa shape index (κ1) is 24.2. The summed E-state index contributed by atoms with van der Waals surface area (Å²) in [6, 6.07) is 21.9. The topological polar surface area (TPSA) is 32.3 Å². The van der Waals surface area contributed by atoms with E-state index in [-0.39, 0.29) is 17.8 Å². The number of carbonyl (C=O) groups is 1. The fourth-order valence-electron chi connectivity index (χ4n) is 4.93. The molecule has 3 nitrogen and oxygen atoms in total. The summed E-state index contributed by atoms with van der Waals surface area (Å²) in [5, 5.41) is 3.22. The Morgan fingerprint density at radius 2 is 1.53 bits per heavy atom. The Labute approximate surface area is 203 Å². The van der Waals surface area contributed by atoms with Crippen LogP contribution in [-0.4, -0.2) is 28.9 Å². The standard InChI is InChI=1S/C30H35FN2O/c1-20(2)33(21(3)4)19-22-5-6-27-18-29(16-13-26(27)17-22)32-30(34)25-9-7-23(8-10-25)24-11-14-28(31)15-12-24/h5-12,14-15,17,20-21,29H,13,16,18-19H2,1-4H3,(H,32,34). The van der Waals surface area contributed by atoms with E-state index in [1.807, 2.05) is 24.3 Å². The lowest BCUT2D eigenvalue weighted by Gasteiger charge is -2.31. The molecule has 0 aliphatic heterocycles. The van der Waals surface area contributed by atoms with Crippen molar-refractivity contribution in [1.82, 2.24) is 10.2 Å². The van der Waals surface area contributed by atoms with Crippen molar-refractivity contribution in [2.45, 2.75) is 71.6 Å². The van der Waals surface area contributed by atoms with Crippen LogP contribution in [0, 0.1) is 5.82 Å². The highest BCUT2D eigenvalue weighted by molar-refractivity contribution is 5.94. The Kier molecular flexibility index (Phi) is 7.47. The molecule has 1 amide bonds. The summed E-state index contributed by atoms with van der Waals surface area (Å²) < 4.78 is 13.2. The largest absolute Gasteiger partial charge is 0.349 e. The van der Waals surface area contributed by atoms with E-state index in [4.69, 9.17) is 0 Å². The summed E-state index contributed by atoms with van der Waals surface area (Å²) >= 11 is 0. The molecule has 178 valence electrons. The molecule has 3 aromatic rings. The highest BCUT2D eigenvalue weighted by Crippen LogP contribution is 2.25. The van der Waals surface area contributed by atoms with Crippen LogP contribution in [0.2, 0.25) is 0 Å². The maximum absolute atomic E-state index is 13.2. The zero-order valence-corrected chi connectivity index (χ0v) is 20.6. The first-order chi connectivity index (χ1) is 16.3. The molecule has 0 heterocycles. The number of hydrogen-bond acceptors (Lipinski definition) is 2. The lowest BCUT2D eigenvalue weighted by Crippen LogP contribution is -2.39. The van der Waals surface area contributed by atoms with E-state index in [9.17, 15) is 9.18 Å². The molecule has 1 N–H and O–H groups in total. The Balaban J connectivity index is 1.37. The van der Waals surface area contributed by atoms with Crippen molar-refractivity contribution in [2.24, 2.45) is 0 Å². The van der Waals surface area contributed by atoms with Crippen LogP contribution in [0.5, 0.6) is 0 Å². The normalized spacial score (nSPS) is 15.6. The van der Waals surface area contributed by atoms with Crippen LogP contribution in [0.15, 0.2) is 66.7 Å². The lowest BCUT2D eigenvalue weighted by molar-refractivity contribution is 0.0933. The van der Waals surface area contributed by atoms with Gasteiger partial charge in [-0.05, 0) is 99.0 Å². The number of rotatable bonds is 7. The second-order valence-electron chi connectivity index (χ2n) is 9.96. The smallest absolute Gasteiger partial charge is 0.251 e. The highest BCUT2D eigenvalue weighted by Gasteiger charge is 2.22. The van der Waals surface area contributed by atoms with Crippen LogP contribution in [0.4, 0.5) is 4.39 Å². The van der Waals surface area contributed by atoms with Crippen LogP contribution < -0.4 is 5.32 Å². The third-order valence-corrected chi connectivity index (χ3v) is 6.85. The predicted molar refractivity (Wildman–Crippen MR) is 137 cm³/mol. The molecular formula is C30H35FN2O. The van der Waals surface area contributed by atoms with E-state index < -0.39 is 0 Å². The molecule has 34 heavy (non-hydrogen) atoms. The minimum atomic E-state index is -0.252. The van der Waals surface area contributed by atoms with Crippen molar-refractivity contribution in [1.29, 1.82) is 0 Å². The number of amides is 1. The third kappa shape index (κ3) is 5.74. The molecule has 0 bridgehead atoms. The minimum absolute atomic E-state index is 0.0414. The second kappa shape index (κ2) is 10.5. The van der Waals surface area contributed by atoms with Gasteiger partial charge in [0.05, 0.1) is 0 Å². The van der Waals surface area contributed by atoms with Gasteiger partial charge in [-0.2, -0.15) is 0 Å². The summed E-state index contributed by atoms with van der Waals surface area (Å²) in [5.41, 5.74) is 6.67. The average molecular weight is 459 g/mol. The van der Waals surface area contributed by atoms with Crippen molar-refractivity contribution >= 4 is 5.91 Å². The SMILES string of the molecule is CC(C)N(Cc1ccc2c(c1)CCC(NC(=O)c1ccc(-c3ccc(F)cc3)cc1)C2)C(C)C. The summed E-state index contributed by atoms with van der Waals surface area (Å²) in [7, 11) is 0. The number of fused-ring (bicyclic) bond motifs is 1. The van der Waals surface area contributed by atoms with Crippen molar-refractivity contribution < 1.29 is 9.18 Å². The van der Waals surface area contributed by atoms with Gasteiger partial charge in [-0.1, -0.05) is 42.5 Å². The quantitative estimate of drug-likeness (QED) is 0.444. The fraction of sp³-hybridized carbons (Fsp3) is 0.367. The molecule has 0 radical (unpaired) electrons. The van der Waals surface area contributed by atoms with Gasteiger partial charge in [-0.25, -0.2) is 4.39 Å². The van der Waals surface area contributed by atoms with Gasteiger partial charge in [0, 0.05) is 30.2 Å². The first-order valence-electron chi connectivity index (χ1n) is 12.3. The molecule has 0 saturated heterocycles. The molecule has 1 aliphatic carbocycles. The summed E-state index contributed by atoms with van der Waals surface area (Å²) in [5.74, 6) is -0.293. The van der Waals surface area contributed by atoms with Gasteiger partial charge in [-0.15, -0.1) is 0 Å². The van der Waals surface area contributed by atoms with Crippen LogP contribution in [0.25, 0.3) is 11.1 Å². The third-order valence-electron chi connectivity index (χ3n) is 6.85. The van der Waals surface area contributed by atoms with Crippen LogP contribution in [0.1, 0.15) is 61.2 Å². The predicted octanol–water partition coefficient (Wildman–Crippen LogP) is 6.40. The zero-order valence-electron chi connectivity index (χ0n) is 20.6. The number of hydrogen-bond donors (Lipinski definition) is 1.